The Bertz CT molecular complexity index is 102. The van der Waals surface area contributed by atoms with Crippen LogP contribution in [0.5, 0.6) is 0 Å². The highest BCUT2D eigenvalue weighted by atomic mass is 32.2. The van der Waals surface area contributed by atoms with Crippen molar-refractivity contribution < 1.29 is 0 Å². The topological polar surface area (TPSA) is 12.0 Å². The first-order valence-electron chi connectivity index (χ1n) is 5.16. The molecule has 0 aromatic heterocycles. The molecule has 1 N–H and O–H groups in total. The van der Waals surface area contributed by atoms with Gasteiger partial charge in [-0.15, -0.1) is 0 Å². The van der Waals surface area contributed by atoms with Crippen LogP contribution < -0.4 is 5.32 Å². The number of hydrogen-bond donors (Lipinski definition) is 1. The first-order chi connectivity index (χ1) is 5.93. The average molecular weight is 187 g/mol. The predicted octanol–water partition coefficient (Wildman–Crippen LogP) is 2.66. The lowest BCUT2D eigenvalue weighted by Crippen LogP contribution is -2.17. The molecule has 1 saturated carbocycles. The molecule has 0 saturated heterocycles. The largest absolute Gasteiger partial charge is 0.314 e. The molecule has 0 heterocycles. The van der Waals surface area contributed by atoms with Crippen molar-refractivity contribution in [2.45, 2.75) is 44.6 Å². The molecule has 0 amide bonds. The van der Waals surface area contributed by atoms with E-state index in [1.807, 2.05) is 11.8 Å². The Balaban J connectivity index is 1.65. The summed E-state index contributed by atoms with van der Waals surface area (Å²) in [5.74, 6) is 1.34. The van der Waals surface area contributed by atoms with Gasteiger partial charge in [0.2, 0.25) is 0 Å². The molecule has 12 heavy (non-hydrogen) atoms. The van der Waals surface area contributed by atoms with Crippen LogP contribution in [0.2, 0.25) is 0 Å². The van der Waals surface area contributed by atoms with Crippen LogP contribution in [0.25, 0.3) is 0 Å². The Morgan fingerprint density at radius 3 is 2.58 bits per heavy atom. The van der Waals surface area contributed by atoms with Gasteiger partial charge in [0.05, 0.1) is 0 Å². The van der Waals surface area contributed by atoms with Gasteiger partial charge in [0.25, 0.3) is 0 Å². The van der Waals surface area contributed by atoms with Crippen molar-refractivity contribution in [1.29, 1.82) is 0 Å². The van der Waals surface area contributed by atoms with Gasteiger partial charge in [-0.2, -0.15) is 11.8 Å². The fourth-order valence-corrected chi connectivity index (χ4v) is 1.81. The fraction of sp³-hybridized carbons (Fsp3) is 1.00. The van der Waals surface area contributed by atoms with Gasteiger partial charge in [-0.1, -0.05) is 12.8 Å². The smallest absolute Gasteiger partial charge is 0.00682 e. The zero-order valence-electron chi connectivity index (χ0n) is 8.14. The van der Waals surface area contributed by atoms with Gasteiger partial charge in [-0.25, -0.2) is 0 Å². The molecule has 0 unspecified atom stereocenters. The number of nitrogens with one attached hydrogen (secondary N) is 1. The van der Waals surface area contributed by atoms with Gasteiger partial charge in [0.1, 0.15) is 0 Å². The van der Waals surface area contributed by atoms with Gasteiger partial charge < -0.3 is 5.32 Å². The second-order valence-corrected chi connectivity index (χ2v) is 4.62. The van der Waals surface area contributed by atoms with Crippen LogP contribution in [-0.2, 0) is 0 Å². The van der Waals surface area contributed by atoms with E-state index < -0.39 is 0 Å². The number of rotatable bonds is 8. The molecule has 0 bridgehead atoms. The van der Waals surface area contributed by atoms with E-state index in [0.29, 0.717) is 0 Å². The van der Waals surface area contributed by atoms with Gasteiger partial charge in [-0.05, 0) is 44.2 Å². The van der Waals surface area contributed by atoms with Crippen molar-refractivity contribution in [3.05, 3.63) is 0 Å². The number of hydrogen-bond acceptors (Lipinski definition) is 2. The van der Waals surface area contributed by atoms with E-state index in [1.54, 1.807) is 0 Å². The Morgan fingerprint density at radius 1 is 1.17 bits per heavy atom. The van der Waals surface area contributed by atoms with Crippen molar-refractivity contribution in [3.63, 3.8) is 0 Å². The Kier molecular flexibility index (Phi) is 5.88. The minimum absolute atomic E-state index is 0.899. The van der Waals surface area contributed by atoms with Crippen LogP contribution in [0.1, 0.15) is 38.5 Å². The highest BCUT2D eigenvalue weighted by molar-refractivity contribution is 7.98. The number of thioether (sulfide) groups is 1. The summed E-state index contributed by atoms with van der Waals surface area (Å²) < 4.78 is 0. The molecular weight excluding hydrogens is 166 g/mol. The third-order valence-electron chi connectivity index (χ3n) is 2.29. The standard InChI is InChI=1S/C10H21NS/c1-12-9-5-3-2-4-8-11-10-6-7-10/h10-11H,2-9H2,1H3. The van der Waals surface area contributed by atoms with E-state index >= 15 is 0 Å². The molecule has 2 heteroatoms. The average Bonchev–Trinajstić information content (AvgIpc) is 2.87. The highest BCUT2D eigenvalue weighted by Gasteiger charge is 2.19. The molecule has 0 aliphatic heterocycles. The highest BCUT2D eigenvalue weighted by Crippen LogP contribution is 2.18. The lowest BCUT2D eigenvalue weighted by Gasteiger charge is -2.01. The molecule has 1 aliphatic rings. The zero-order chi connectivity index (χ0) is 8.65. The first-order valence-corrected chi connectivity index (χ1v) is 6.55. The summed E-state index contributed by atoms with van der Waals surface area (Å²) in [6.45, 7) is 1.25. The SMILES string of the molecule is CSCCCCCCNC1CC1. The molecule has 0 atom stereocenters. The van der Waals surface area contributed by atoms with Gasteiger partial charge in [0, 0.05) is 6.04 Å². The summed E-state index contributed by atoms with van der Waals surface area (Å²) in [6, 6.07) is 0.899. The second kappa shape index (κ2) is 6.79. The van der Waals surface area contributed by atoms with Crippen LogP contribution >= 0.6 is 11.8 Å². The third-order valence-corrected chi connectivity index (χ3v) is 2.98. The van der Waals surface area contributed by atoms with E-state index in [0.717, 1.165) is 6.04 Å². The summed E-state index contributed by atoms with van der Waals surface area (Å²) in [4.78, 5) is 0. The fourth-order valence-electron chi connectivity index (χ4n) is 1.32. The Labute approximate surface area is 80.7 Å². The summed E-state index contributed by atoms with van der Waals surface area (Å²) in [5.41, 5.74) is 0. The quantitative estimate of drug-likeness (QED) is 0.586. The van der Waals surface area contributed by atoms with Gasteiger partial charge in [0.15, 0.2) is 0 Å². The summed E-state index contributed by atoms with van der Waals surface area (Å²) in [6.07, 6.45) is 10.7. The maximum atomic E-state index is 3.54. The molecule has 1 fully saturated rings. The molecule has 1 aliphatic carbocycles. The van der Waals surface area contributed by atoms with Crippen LogP contribution in [0, 0.1) is 0 Å². The van der Waals surface area contributed by atoms with Crippen molar-refractivity contribution in [3.8, 4) is 0 Å². The summed E-state index contributed by atoms with van der Waals surface area (Å²) >= 11 is 1.96. The predicted molar refractivity (Wildman–Crippen MR) is 57.9 cm³/mol. The van der Waals surface area contributed by atoms with Crippen molar-refractivity contribution in [2.75, 3.05) is 18.6 Å². The van der Waals surface area contributed by atoms with Crippen LogP contribution in [0.3, 0.4) is 0 Å². The van der Waals surface area contributed by atoms with Gasteiger partial charge in [-0.3, -0.25) is 0 Å². The maximum absolute atomic E-state index is 3.54. The van der Waals surface area contributed by atoms with E-state index in [-0.39, 0.29) is 0 Å². The van der Waals surface area contributed by atoms with Crippen LogP contribution in [-0.4, -0.2) is 24.6 Å². The van der Waals surface area contributed by atoms with E-state index in [1.165, 1.54) is 50.8 Å². The maximum Gasteiger partial charge on any atom is 0.00682 e. The lowest BCUT2D eigenvalue weighted by molar-refractivity contribution is 0.597. The summed E-state index contributed by atoms with van der Waals surface area (Å²) in [7, 11) is 0. The van der Waals surface area contributed by atoms with E-state index in [9.17, 15) is 0 Å². The van der Waals surface area contributed by atoms with Gasteiger partial charge >= 0.3 is 0 Å². The van der Waals surface area contributed by atoms with E-state index in [2.05, 4.69) is 11.6 Å². The minimum atomic E-state index is 0.899. The van der Waals surface area contributed by atoms with E-state index in [4.69, 9.17) is 0 Å². The number of unbranched alkanes of at least 4 members (excludes halogenated alkanes) is 3. The monoisotopic (exact) mass is 187 g/mol. The first kappa shape index (κ1) is 10.4. The zero-order valence-corrected chi connectivity index (χ0v) is 8.96. The molecule has 0 spiro atoms. The Hall–Kier alpha value is 0.310. The van der Waals surface area contributed by atoms with Crippen molar-refractivity contribution in [2.24, 2.45) is 0 Å². The third kappa shape index (κ3) is 5.90. The molecule has 72 valence electrons. The van der Waals surface area contributed by atoms with Crippen LogP contribution in [0.15, 0.2) is 0 Å². The second-order valence-electron chi connectivity index (χ2n) is 3.64. The molecular formula is C10H21NS. The lowest BCUT2D eigenvalue weighted by atomic mass is 10.2. The normalized spacial score (nSPS) is 16.8. The van der Waals surface area contributed by atoms with Crippen LogP contribution in [0.4, 0.5) is 0 Å². The molecule has 0 radical (unpaired) electrons. The van der Waals surface area contributed by atoms with Crippen molar-refractivity contribution in [1.82, 2.24) is 5.32 Å². The minimum Gasteiger partial charge on any atom is -0.314 e. The molecule has 1 rings (SSSR count). The van der Waals surface area contributed by atoms with Crippen molar-refractivity contribution >= 4 is 11.8 Å². The molecule has 0 aromatic carbocycles. The Morgan fingerprint density at radius 2 is 1.92 bits per heavy atom. The molecule has 0 aromatic rings. The molecule has 1 nitrogen and oxygen atoms in total. The summed E-state index contributed by atoms with van der Waals surface area (Å²) in [5, 5.41) is 3.54.